The molecule has 4 atom stereocenters. The molecular formula is C10H18N2O2. The Morgan fingerprint density at radius 2 is 2.43 bits per heavy atom. The average molecular weight is 198 g/mol. The van der Waals surface area contributed by atoms with Crippen LogP contribution < -0.4 is 11.1 Å². The monoisotopic (exact) mass is 198 g/mol. The lowest BCUT2D eigenvalue weighted by molar-refractivity contribution is -0.127. The van der Waals surface area contributed by atoms with Gasteiger partial charge in [-0.2, -0.15) is 0 Å². The molecule has 2 bridgehead atoms. The normalized spacial score (nSPS) is 37.1. The Labute approximate surface area is 84.2 Å². The molecule has 0 unspecified atom stereocenters. The molecule has 3 N–H and O–H groups in total. The molecule has 4 heteroatoms. The molecule has 1 amide bonds. The van der Waals surface area contributed by atoms with Crippen molar-refractivity contribution in [3.05, 3.63) is 0 Å². The van der Waals surface area contributed by atoms with Crippen LogP contribution in [0.3, 0.4) is 0 Å². The van der Waals surface area contributed by atoms with Crippen molar-refractivity contribution in [2.24, 2.45) is 11.7 Å². The minimum atomic E-state index is 0.0710. The molecule has 0 aromatic rings. The minimum absolute atomic E-state index is 0.0710. The number of fused-ring (bicyclic) bond motifs is 2. The fourth-order valence-corrected chi connectivity index (χ4v) is 2.32. The SMILES string of the molecule is C[C@H](CN)NC(=O)[C@@H]1C[C@H]2CC[C@@H]1O2. The van der Waals surface area contributed by atoms with E-state index in [9.17, 15) is 4.79 Å². The first-order chi connectivity index (χ1) is 6.70. The van der Waals surface area contributed by atoms with Crippen LogP contribution in [-0.2, 0) is 9.53 Å². The fourth-order valence-electron chi connectivity index (χ4n) is 2.32. The number of hydrogen-bond donors (Lipinski definition) is 2. The zero-order valence-electron chi connectivity index (χ0n) is 8.53. The predicted molar refractivity (Wildman–Crippen MR) is 52.7 cm³/mol. The average Bonchev–Trinajstić information content (AvgIpc) is 2.78. The van der Waals surface area contributed by atoms with E-state index in [1.807, 2.05) is 6.92 Å². The maximum Gasteiger partial charge on any atom is 0.226 e. The van der Waals surface area contributed by atoms with Crippen LogP contribution in [0.25, 0.3) is 0 Å². The van der Waals surface area contributed by atoms with Crippen LogP contribution in [-0.4, -0.2) is 30.7 Å². The summed E-state index contributed by atoms with van der Waals surface area (Å²) in [6.45, 7) is 2.42. The summed E-state index contributed by atoms with van der Waals surface area (Å²) in [6.07, 6.45) is 3.57. The van der Waals surface area contributed by atoms with Gasteiger partial charge in [0.1, 0.15) is 0 Å². The Kier molecular flexibility index (Phi) is 2.74. The van der Waals surface area contributed by atoms with Crippen molar-refractivity contribution in [2.75, 3.05) is 6.54 Å². The second-order valence-electron chi connectivity index (χ2n) is 4.36. The molecule has 4 nitrogen and oxygen atoms in total. The van der Waals surface area contributed by atoms with E-state index in [4.69, 9.17) is 10.5 Å². The van der Waals surface area contributed by atoms with Gasteiger partial charge in [0.15, 0.2) is 0 Å². The molecule has 2 aliphatic heterocycles. The molecule has 2 saturated heterocycles. The summed E-state index contributed by atoms with van der Waals surface area (Å²) in [7, 11) is 0. The van der Waals surface area contributed by atoms with Crippen LogP contribution in [0.2, 0.25) is 0 Å². The molecule has 80 valence electrons. The van der Waals surface area contributed by atoms with E-state index in [-0.39, 0.29) is 24.0 Å². The van der Waals surface area contributed by atoms with Crippen molar-refractivity contribution < 1.29 is 9.53 Å². The Hall–Kier alpha value is -0.610. The van der Waals surface area contributed by atoms with Gasteiger partial charge in [-0.05, 0) is 26.2 Å². The highest BCUT2D eigenvalue weighted by Gasteiger charge is 2.44. The lowest BCUT2D eigenvalue weighted by Crippen LogP contribution is -2.43. The molecule has 2 rings (SSSR count). The first-order valence-corrected chi connectivity index (χ1v) is 5.36. The molecule has 0 aromatic carbocycles. The third-order valence-electron chi connectivity index (χ3n) is 3.18. The zero-order valence-corrected chi connectivity index (χ0v) is 8.53. The second kappa shape index (κ2) is 3.87. The second-order valence-corrected chi connectivity index (χ2v) is 4.36. The van der Waals surface area contributed by atoms with Crippen LogP contribution in [0.1, 0.15) is 26.2 Å². The standard InChI is InChI=1S/C10H18N2O2/c1-6(5-11)12-10(13)8-4-7-2-3-9(8)14-7/h6-9H,2-5,11H2,1H3,(H,12,13)/t6-,7-,8-,9+/m1/s1. The van der Waals surface area contributed by atoms with Crippen molar-refractivity contribution in [2.45, 2.75) is 44.4 Å². The van der Waals surface area contributed by atoms with Gasteiger partial charge in [-0.1, -0.05) is 0 Å². The number of amides is 1. The van der Waals surface area contributed by atoms with Gasteiger partial charge in [-0.3, -0.25) is 4.79 Å². The molecule has 0 saturated carbocycles. The maximum absolute atomic E-state index is 11.8. The van der Waals surface area contributed by atoms with Crippen molar-refractivity contribution >= 4 is 5.91 Å². The Bertz CT molecular complexity index is 232. The highest BCUT2D eigenvalue weighted by molar-refractivity contribution is 5.80. The molecule has 2 fully saturated rings. The fraction of sp³-hybridized carbons (Fsp3) is 0.900. The highest BCUT2D eigenvalue weighted by atomic mass is 16.5. The Morgan fingerprint density at radius 3 is 2.93 bits per heavy atom. The van der Waals surface area contributed by atoms with E-state index in [0.717, 1.165) is 19.3 Å². The smallest absolute Gasteiger partial charge is 0.226 e. The van der Waals surface area contributed by atoms with Crippen LogP contribution in [0, 0.1) is 5.92 Å². The molecule has 0 spiro atoms. The Balaban J connectivity index is 1.87. The van der Waals surface area contributed by atoms with Crippen LogP contribution in [0.5, 0.6) is 0 Å². The summed E-state index contributed by atoms with van der Waals surface area (Å²) >= 11 is 0. The molecule has 0 radical (unpaired) electrons. The first kappa shape index (κ1) is 9.93. The third kappa shape index (κ3) is 1.77. The quantitative estimate of drug-likeness (QED) is 0.672. The van der Waals surface area contributed by atoms with Crippen molar-refractivity contribution in [3.63, 3.8) is 0 Å². The number of carbonyl (C=O) groups excluding carboxylic acids is 1. The van der Waals surface area contributed by atoms with Crippen LogP contribution >= 0.6 is 0 Å². The van der Waals surface area contributed by atoms with E-state index >= 15 is 0 Å². The first-order valence-electron chi connectivity index (χ1n) is 5.36. The van der Waals surface area contributed by atoms with E-state index < -0.39 is 0 Å². The van der Waals surface area contributed by atoms with Crippen LogP contribution in [0.4, 0.5) is 0 Å². The van der Waals surface area contributed by atoms with Crippen molar-refractivity contribution in [3.8, 4) is 0 Å². The number of rotatable bonds is 3. The van der Waals surface area contributed by atoms with Crippen molar-refractivity contribution in [1.29, 1.82) is 0 Å². The summed E-state index contributed by atoms with van der Waals surface area (Å²) < 4.78 is 5.63. The summed E-state index contributed by atoms with van der Waals surface area (Å²) in [5, 5.41) is 2.91. The lowest BCUT2D eigenvalue weighted by Gasteiger charge is -2.20. The summed E-state index contributed by atoms with van der Waals surface area (Å²) in [4.78, 5) is 11.8. The van der Waals surface area contributed by atoms with Gasteiger partial charge in [0.2, 0.25) is 5.91 Å². The summed E-state index contributed by atoms with van der Waals surface area (Å²) in [6, 6.07) is 0.0710. The van der Waals surface area contributed by atoms with E-state index in [1.54, 1.807) is 0 Å². The van der Waals surface area contributed by atoms with Crippen molar-refractivity contribution in [1.82, 2.24) is 5.32 Å². The predicted octanol–water partition coefficient (Wildman–Crippen LogP) is 0.0173. The molecule has 0 aliphatic carbocycles. The third-order valence-corrected chi connectivity index (χ3v) is 3.18. The van der Waals surface area contributed by atoms with Gasteiger partial charge < -0.3 is 15.8 Å². The number of ether oxygens (including phenoxy) is 1. The van der Waals surface area contributed by atoms with E-state index in [1.165, 1.54) is 0 Å². The molecule has 2 heterocycles. The Morgan fingerprint density at radius 1 is 1.64 bits per heavy atom. The number of carbonyl (C=O) groups is 1. The number of nitrogens with two attached hydrogens (primary N) is 1. The van der Waals surface area contributed by atoms with Crippen LogP contribution in [0.15, 0.2) is 0 Å². The number of nitrogens with one attached hydrogen (secondary N) is 1. The molecule has 14 heavy (non-hydrogen) atoms. The highest BCUT2D eigenvalue weighted by Crippen LogP contribution is 2.38. The largest absolute Gasteiger partial charge is 0.374 e. The zero-order chi connectivity index (χ0) is 10.1. The van der Waals surface area contributed by atoms with Gasteiger partial charge in [-0.15, -0.1) is 0 Å². The minimum Gasteiger partial charge on any atom is -0.374 e. The summed E-state index contributed by atoms with van der Waals surface area (Å²) in [5.41, 5.74) is 5.45. The lowest BCUT2D eigenvalue weighted by atomic mass is 9.88. The number of hydrogen-bond acceptors (Lipinski definition) is 3. The maximum atomic E-state index is 11.8. The van der Waals surface area contributed by atoms with E-state index in [0.29, 0.717) is 12.6 Å². The molecular weight excluding hydrogens is 180 g/mol. The summed E-state index contributed by atoms with van der Waals surface area (Å²) in [5.74, 6) is 0.193. The van der Waals surface area contributed by atoms with Gasteiger partial charge in [-0.25, -0.2) is 0 Å². The van der Waals surface area contributed by atoms with Gasteiger partial charge in [0.05, 0.1) is 18.1 Å². The molecule has 0 aromatic heterocycles. The van der Waals surface area contributed by atoms with Gasteiger partial charge in [0, 0.05) is 12.6 Å². The van der Waals surface area contributed by atoms with Gasteiger partial charge >= 0.3 is 0 Å². The van der Waals surface area contributed by atoms with Gasteiger partial charge in [0.25, 0.3) is 0 Å². The topological polar surface area (TPSA) is 64.3 Å². The van der Waals surface area contributed by atoms with E-state index in [2.05, 4.69) is 5.32 Å². The molecule has 2 aliphatic rings.